The Balaban J connectivity index is 1.44. The Morgan fingerprint density at radius 1 is 1.04 bits per heavy atom. The minimum Gasteiger partial charge on any atom is -0.453 e. The normalized spacial score (nSPS) is 32.7. The lowest BCUT2D eigenvalue weighted by Crippen LogP contribution is -2.51. The number of carbonyl (C=O) groups excluding carboxylic acids is 2. The molecule has 4 saturated carbocycles. The van der Waals surface area contributed by atoms with Gasteiger partial charge in [-0.1, -0.05) is 34.8 Å². The molecule has 0 atom stereocenters. The molecule has 0 spiro atoms. The van der Waals surface area contributed by atoms with E-state index in [0.717, 1.165) is 19.3 Å². The molecule has 1 aromatic rings. The summed E-state index contributed by atoms with van der Waals surface area (Å²) in [6.45, 7) is -0.233. The summed E-state index contributed by atoms with van der Waals surface area (Å²) in [6, 6.07) is 0. The van der Waals surface area contributed by atoms with E-state index in [1.165, 1.54) is 25.5 Å². The van der Waals surface area contributed by atoms with Crippen LogP contribution in [0.1, 0.15) is 49.0 Å². The van der Waals surface area contributed by atoms with Crippen LogP contribution in [0.3, 0.4) is 0 Å². The third-order valence-corrected chi connectivity index (χ3v) is 7.32. The summed E-state index contributed by atoms with van der Waals surface area (Å²) in [4.78, 5) is 29.0. The summed E-state index contributed by atoms with van der Waals surface area (Å²) < 4.78 is 5.22. The van der Waals surface area contributed by atoms with Gasteiger partial charge in [0.05, 0.1) is 15.1 Å². The highest BCUT2D eigenvalue weighted by Crippen LogP contribution is 2.60. The fourth-order valence-electron chi connectivity index (χ4n) is 5.39. The topological polar surface area (TPSA) is 56.3 Å². The molecule has 0 radical (unpaired) electrons. The quantitative estimate of drug-likeness (QED) is 0.666. The summed E-state index contributed by atoms with van der Waals surface area (Å²) in [5.41, 5.74) is -0.404. The first-order chi connectivity index (χ1) is 11.9. The van der Waals surface area contributed by atoms with Gasteiger partial charge in [-0.15, -0.1) is 0 Å². The van der Waals surface area contributed by atoms with Gasteiger partial charge in [-0.2, -0.15) is 0 Å². The molecule has 0 N–H and O–H groups in total. The number of rotatable bonds is 4. The predicted molar refractivity (Wildman–Crippen MR) is 95.2 cm³/mol. The molecule has 0 unspecified atom stereocenters. The molecular formula is C18H18Cl3NO3. The van der Waals surface area contributed by atoms with Gasteiger partial charge in [-0.3, -0.25) is 4.79 Å². The average Bonchev–Trinajstić information content (AvgIpc) is 2.56. The van der Waals surface area contributed by atoms with Crippen LogP contribution in [0.15, 0.2) is 6.20 Å². The second-order valence-electron chi connectivity index (χ2n) is 7.78. The summed E-state index contributed by atoms with van der Waals surface area (Å²) in [5, 5.41) is 0.159. The van der Waals surface area contributed by atoms with Crippen LogP contribution in [-0.4, -0.2) is 23.3 Å². The first kappa shape index (κ1) is 17.6. The smallest absolute Gasteiger partial charge is 0.358 e. The van der Waals surface area contributed by atoms with Crippen LogP contribution in [0.5, 0.6) is 0 Å². The predicted octanol–water partition coefficient (Wildman–Crippen LogP) is 4.98. The molecule has 134 valence electrons. The maximum Gasteiger partial charge on any atom is 0.358 e. The number of Topliss-reactive ketones (excluding diaryl/α,β-unsaturated/α-hetero) is 1. The first-order valence-corrected chi connectivity index (χ1v) is 9.71. The van der Waals surface area contributed by atoms with E-state index < -0.39 is 5.97 Å². The van der Waals surface area contributed by atoms with E-state index in [0.29, 0.717) is 17.8 Å². The molecule has 5 rings (SSSR count). The largest absolute Gasteiger partial charge is 0.453 e. The molecule has 1 aromatic heterocycles. The van der Waals surface area contributed by atoms with Gasteiger partial charge >= 0.3 is 5.97 Å². The third kappa shape index (κ3) is 3.07. The molecule has 0 saturated heterocycles. The fraction of sp³-hybridized carbons (Fsp3) is 0.611. The molecule has 0 aromatic carbocycles. The molecule has 4 fully saturated rings. The van der Waals surface area contributed by atoms with E-state index in [1.807, 2.05) is 0 Å². The third-order valence-electron chi connectivity index (χ3n) is 6.07. The van der Waals surface area contributed by atoms with Crippen molar-refractivity contribution >= 4 is 46.6 Å². The monoisotopic (exact) mass is 401 g/mol. The van der Waals surface area contributed by atoms with Crippen molar-refractivity contribution in [1.29, 1.82) is 0 Å². The molecule has 4 nitrogen and oxygen atoms in total. The lowest BCUT2D eigenvalue weighted by molar-refractivity contribution is -0.147. The van der Waals surface area contributed by atoms with Crippen LogP contribution in [0.25, 0.3) is 0 Å². The second kappa shape index (κ2) is 6.40. The molecule has 1 heterocycles. The van der Waals surface area contributed by atoms with Crippen molar-refractivity contribution < 1.29 is 14.3 Å². The minimum atomic E-state index is -0.748. The highest BCUT2D eigenvalue weighted by molar-refractivity contribution is 6.48. The molecule has 4 bridgehead atoms. The van der Waals surface area contributed by atoms with Gasteiger partial charge in [0.1, 0.15) is 0 Å². The van der Waals surface area contributed by atoms with Crippen LogP contribution in [-0.2, 0) is 9.53 Å². The lowest BCUT2D eigenvalue weighted by Gasteiger charge is -2.55. The highest BCUT2D eigenvalue weighted by Gasteiger charge is 2.54. The van der Waals surface area contributed by atoms with Gasteiger partial charge in [0.15, 0.2) is 18.1 Å². The van der Waals surface area contributed by atoms with E-state index in [9.17, 15) is 9.59 Å². The molecule has 4 aliphatic carbocycles. The number of hydrogen-bond donors (Lipinski definition) is 0. The first-order valence-electron chi connectivity index (χ1n) is 8.58. The summed E-state index contributed by atoms with van der Waals surface area (Å²) in [5.74, 6) is 1.28. The lowest BCUT2D eigenvalue weighted by atomic mass is 9.48. The number of pyridine rings is 1. The van der Waals surface area contributed by atoms with Gasteiger partial charge in [0.25, 0.3) is 0 Å². The summed E-state index contributed by atoms with van der Waals surface area (Å²) in [6.07, 6.45) is 7.86. The maximum absolute atomic E-state index is 12.9. The van der Waals surface area contributed by atoms with E-state index in [4.69, 9.17) is 39.5 Å². The van der Waals surface area contributed by atoms with Crippen molar-refractivity contribution in [3.05, 3.63) is 27.0 Å². The average molecular weight is 403 g/mol. The van der Waals surface area contributed by atoms with Gasteiger partial charge < -0.3 is 4.74 Å². The Kier molecular flexibility index (Phi) is 4.50. The van der Waals surface area contributed by atoms with Gasteiger partial charge in [0, 0.05) is 11.6 Å². The maximum atomic E-state index is 12.9. The second-order valence-corrected chi connectivity index (χ2v) is 8.94. The number of aromatic nitrogens is 1. The number of carbonyl (C=O) groups is 2. The van der Waals surface area contributed by atoms with E-state index in [2.05, 4.69) is 4.98 Å². The Morgan fingerprint density at radius 2 is 1.60 bits per heavy atom. The molecule has 7 heteroatoms. The number of esters is 1. The zero-order valence-corrected chi connectivity index (χ0v) is 15.8. The summed E-state index contributed by atoms with van der Waals surface area (Å²) in [7, 11) is 0. The number of nitrogens with zero attached hydrogens (tertiary/aromatic N) is 1. The number of ether oxygens (including phenoxy) is 1. The standard InChI is InChI=1S/C18H18Cl3NO3/c19-12-7-22-16(15(21)14(12)20)17(24)25-8-13(23)18-4-9-1-10(5-18)3-11(2-9)6-18/h7,9-11H,1-6,8H2. The van der Waals surface area contributed by atoms with Gasteiger partial charge in [-0.05, 0) is 56.3 Å². The zero-order chi connectivity index (χ0) is 17.8. The summed E-state index contributed by atoms with van der Waals surface area (Å²) >= 11 is 17.7. The van der Waals surface area contributed by atoms with Crippen molar-refractivity contribution in [3.63, 3.8) is 0 Å². The van der Waals surface area contributed by atoms with Crippen LogP contribution >= 0.6 is 34.8 Å². The van der Waals surface area contributed by atoms with E-state index in [1.54, 1.807) is 0 Å². The van der Waals surface area contributed by atoms with Crippen molar-refractivity contribution in [1.82, 2.24) is 4.98 Å². The fourth-order valence-corrected chi connectivity index (χ4v) is 5.95. The van der Waals surface area contributed by atoms with E-state index in [-0.39, 0.29) is 38.6 Å². The van der Waals surface area contributed by atoms with E-state index >= 15 is 0 Å². The van der Waals surface area contributed by atoms with Crippen molar-refractivity contribution in [2.24, 2.45) is 23.2 Å². The van der Waals surface area contributed by atoms with Crippen LogP contribution < -0.4 is 0 Å². The van der Waals surface area contributed by atoms with Gasteiger partial charge in [-0.25, -0.2) is 9.78 Å². The van der Waals surface area contributed by atoms with Crippen molar-refractivity contribution in [3.8, 4) is 0 Å². The Bertz CT molecular complexity index is 714. The van der Waals surface area contributed by atoms with Crippen molar-refractivity contribution in [2.75, 3.05) is 6.61 Å². The SMILES string of the molecule is O=C(OCC(=O)C12CC3CC(CC(C3)C1)C2)c1ncc(Cl)c(Cl)c1Cl. The van der Waals surface area contributed by atoms with Gasteiger partial charge in [0.2, 0.25) is 0 Å². The molecule has 0 amide bonds. The highest BCUT2D eigenvalue weighted by atomic mass is 35.5. The number of halogens is 3. The molecule has 4 aliphatic rings. The van der Waals surface area contributed by atoms with Crippen LogP contribution in [0.4, 0.5) is 0 Å². The zero-order valence-electron chi connectivity index (χ0n) is 13.6. The Labute approximate surface area is 161 Å². The van der Waals surface area contributed by atoms with Crippen molar-refractivity contribution in [2.45, 2.75) is 38.5 Å². The Morgan fingerprint density at radius 3 is 2.16 bits per heavy atom. The minimum absolute atomic E-state index is 0.0381. The molecule has 25 heavy (non-hydrogen) atoms. The molecular weight excluding hydrogens is 385 g/mol. The number of ketones is 1. The Hall–Kier alpha value is -0.840. The number of hydrogen-bond acceptors (Lipinski definition) is 4. The molecule has 0 aliphatic heterocycles. The van der Waals surface area contributed by atoms with Crippen LogP contribution in [0.2, 0.25) is 15.1 Å². The van der Waals surface area contributed by atoms with Crippen LogP contribution in [0, 0.1) is 23.2 Å².